The highest BCUT2D eigenvalue weighted by Crippen LogP contribution is 2.42. The molecule has 1 aromatic heterocycles. The molecule has 2 fully saturated rings. The van der Waals surface area contributed by atoms with E-state index in [-0.39, 0.29) is 5.54 Å². The minimum absolute atomic E-state index is 0.215. The lowest BCUT2D eigenvalue weighted by atomic mass is 9.70. The van der Waals surface area contributed by atoms with Gasteiger partial charge in [-0.25, -0.2) is 0 Å². The second-order valence-electron chi connectivity index (χ2n) is 8.83. The lowest BCUT2D eigenvalue weighted by molar-refractivity contribution is 0.0427. The van der Waals surface area contributed by atoms with Crippen molar-refractivity contribution < 1.29 is 0 Å². The zero-order valence-corrected chi connectivity index (χ0v) is 14.9. The Morgan fingerprint density at radius 2 is 1.82 bits per heavy atom. The quantitative estimate of drug-likeness (QED) is 0.817. The van der Waals surface area contributed by atoms with Gasteiger partial charge in [0.25, 0.3) is 0 Å². The lowest BCUT2D eigenvalue weighted by Gasteiger charge is -2.46. The Morgan fingerprint density at radius 3 is 2.36 bits per heavy atom. The molecule has 0 unspecified atom stereocenters. The monoisotopic (exact) mass is 303 g/mol. The highest BCUT2D eigenvalue weighted by Gasteiger charge is 2.37. The fourth-order valence-corrected chi connectivity index (χ4v) is 4.13. The van der Waals surface area contributed by atoms with E-state index in [0.717, 1.165) is 6.42 Å². The Morgan fingerprint density at radius 1 is 1.14 bits per heavy atom. The van der Waals surface area contributed by atoms with Crippen LogP contribution in [0.25, 0.3) is 0 Å². The summed E-state index contributed by atoms with van der Waals surface area (Å²) in [7, 11) is 0. The third-order valence-electron chi connectivity index (χ3n) is 5.93. The van der Waals surface area contributed by atoms with Crippen LogP contribution >= 0.6 is 0 Å². The van der Waals surface area contributed by atoms with Gasteiger partial charge in [0.05, 0.1) is 11.7 Å². The first kappa shape index (κ1) is 16.0. The minimum atomic E-state index is 0.215. The number of hydrogen-bond acceptors (Lipinski definition) is 2. The van der Waals surface area contributed by atoms with E-state index in [1.54, 1.807) is 0 Å². The summed E-state index contributed by atoms with van der Waals surface area (Å²) in [4.78, 5) is 2.69. The van der Waals surface area contributed by atoms with E-state index in [1.807, 2.05) is 0 Å². The molecule has 0 radical (unpaired) electrons. The molecule has 2 aliphatic rings. The van der Waals surface area contributed by atoms with Gasteiger partial charge in [0.1, 0.15) is 0 Å². The highest BCUT2D eigenvalue weighted by atomic mass is 15.3. The summed E-state index contributed by atoms with van der Waals surface area (Å²) in [5.41, 5.74) is 2.22. The van der Waals surface area contributed by atoms with Crippen molar-refractivity contribution in [2.45, 2.75) is 71.8 Å². The number of hydrogen-bond donors (Lipinski definition) is 0. The van der Waals surface area contributed by atoms with Gasteiger partial charge in [-0.05, 0) is 55.9 Å². The highest BCUT2D eigenvalue weighted by molar-refractivity contribution is 5.07. The van der Waals surface area contributed by atoms with Gasteiger partial charge >= 0.3 is 0 Å². The van der Waals surface area contributed by atoms with Crippen LogP contribution in [0.3, 0.4) is 0 Å². The average molecular weight is 303 g/mol. The van der Waals surface area contributed by atoms with Crippen LogP contribution in [0.4, 0.5) is 0 Å². The summed E-state index contributed by atoms with van der Waals surface area (Å²) >= 11 is 0. The van der Waals surface area contributed by atoms with Crippen molar-refractivity contribution >= 4 is 0 Å². The Balaban J connectivity index is 1.57. The molecule has 1 aliphatic heterocycles. The molecule has 0 N–H and O–H groups in total. The third kappa shape index (κ3) is 3.40. The predicted octanol–water partition coefficient (Wildman–Crippen LogP) is 4.08. The van der Waals surface area contributed by atoms with Crippen molar-refractivity contribution in [1.82, 2.24) is 14.7 Å². The van der Waals surface area contributed by atoms with Crippen LogP contribution in [0.2, 0.25) is 0 Å². The molecule has 2 heterocycles. The lowest BCUT2D eigenvalue weighted by Crippen LogP contribution is -2.48. The zero-order chi connectivity index (χ0) is 15.8. The predicted molar refractivity (Wildman–Crippen MR) is 92.0 cm³/mol. The molecule has 0 bridgehead atoms. The number of aromatic nitrogens is 2. The second-order valence-corrected chi connectivity index (χ2v) is 8.83. The molecule has 1 aromatic rings. The summed E-state index contributed by atoms with van der Waals surface area (Å²) in [6, 6.07) is 0. The summed E-state index contributed by atoms with van der Waals surface area (Å²) in [6.07, 6.45) is 12.3. The van der Waals surface area contributed by atoms with E-state index in [0.29, 0.717) is 11.3 Å². The molecule has 0 spiro atoms. The molecular weight excluding hydrogens is 270 g/mol. The smallest absolute Gasteiger partial charge is 0.0624 e. The average Bonchev–Trinajstić information content (AvgIpc) is 2.88. The molecule has 3 heteroatoms. The first-order valence-electron chi connectivity index (χ1n) is 9.15. The minimum Gasteiger partial charge on any atom is -0.303 e. The van der Waals surface area contributed by atoms with E-state index >= 15 is 0 Å². The third-order valence-corrected chi connectivity index (χ3v) is 5.93. The van der Waals surface area contributed by atoms with Crippen LogP contribution in [0.15, 0.2) is 12.4 Å². The molecule has 22 heavy (non-hydrogen) atoms. The first-order valence-corrected chi connectivity index (χ1v) is 9.15. The Bertz CT molecular complexity index is 491. The van der Waals surface area contributed by atoms with Crippen LogP contribution in [0.1, 0.15) is 65.4 Å². The SMILES string of the molecule is CC(C)Cc1cnn(C2(C)CCN(CC3(C)CCC3)CC2)c1. The molecule has 1 saturated heterocycles. The topological polar surface area (TPSA) is 21.1 Å². The number of piperidine rings is 1. The number of likely N-dealkylation sites (tertiary alicyclic amines) is 1. The fourth-order valence-electron chi connectivity index (χ4n) is 4.13. The van der Waals surface area contributed by atoms with Gasteiger partial charge in [-0.15, -0.1) is 0 Å². The molecular formula is C19H33N3. The Hall–Kier alpha value is -0.830. The molecule has 0 aromatic carbocycles. The number of nitrogens with zero attached hydrogens (tertiary/aromatic N) is 3. The van der Waals surface area contributed by atoms with Gasteiger partial charge in [0.15, 0.2) is 0 Å². The van der Waals surface area contributed by atoms with E-state index < -0.39 is 0 Å². The molecule has 0 atom stereocenters. The number of rotatable bonds is 5. The van der Waals surface area contributed by atoms with Gasteiger partial charge in [0.2, 0.25) is 0 Å². The van der Waals surface area contributed by atoms with E-state index in [1.165, 1.54) is 57.3 Å². The summed E-state index contributed by atoms with van der Waals surface area (Å²) < 4.78 is 2.26. The van der Waals surface area contributed by atoms with Crippen molar-refractivity contribution in [3.63, 3.8) is 0 Å². The Kier molecular flexibility index (Phi) is 4.37. The molecule has 3 rings (SSSR count). The van der Waals surface area contributed by atoms with E-state index in [9.17, 15) is 0 Å². The van der Waals surface area contributed by atoms with Crippen molar-refractivity contribution in [2.75, 3.05) is 19.6 Å². The summed E-state index contributed by atoms with van der Waals surface area (Å²) in [5, 5.41) is 4.69. The van der Waals surface area contributed by atoms with Crippen LogP contribution in [-0.4, -0.2) is 34.3 Å². The van der Waals surface area contributed by atoms with Crippen LogP contribution in [0.5, 0.6) is 0 Å². The second kappa shape index (κ2) is 5.99. The normalized spacial score (nSPS) is 24.4. The molecule has 0 amide bonds. The largest absolute Gasteiger partial charge is 0.303 e. The maximum Gasteiger partial charge on any atom is 0.0624 e. The molecule has 1 saturated carbocycles. The first-order chi connectivity index (χ1) is 10.4. The van der Waals surface area contributed by atoms with E-state index in [2.05, 4.69) is 54.8 Å². The standard InChI is InChI=1S/C19H33N3/c1-16(2)12-17-13-20-22(14-17)19(4)8-10-21(11-9-19)15-18(3)6-5-7-18/h13-14,16H,5-12,15H2,1-4H3. The Labute approximate surface area is 136 Å². The molecule has 1 aliphatic carbocycles. The van der Waals surface area contributed by atoms with Gasteiger partial charge in [0, 0.05) is 25.8 Å². The molecule has 124 valence electrons. The molecule has 3 nitrogen and oxygen atoms in total. The van der Waals surface area contributed by atoms with Crippen LogP contribution in [-0.2, 0) is 12.0 Å². The maximum atomic E-state index is 4.69. The van der Waals surface area contributed by atoms with Gasteiger partial charge in [-0.1, -0.05) is 27.2 Å². The van der Waals surface area contributed by atoms with Crippen LogP contribution in [0, 0.1) is 11.3 Å². The summed E-state index contributed by atoms with van der Waals surface area (Å²) in [6.45, 7) is 13.2. The summed E-state index contributed by atoms with van der Waals surface area (Å²) in [5.74, 6) is 0.704. The fraction of sp³-hybridized carbons (Fsp3) is 0.842. The van der Waals surface area contributed by atoms with Gasteiger partial charge in [-0.3, -0.25) is 4.68 Å². The van der Waals surface area contributed by atoms with E-state index in [4.69, 9.17) is 0 Å². The van der Waals surface area contributed by atoms with Crippen molar-refractivity contribution in [3.05, 3.63) is 18.0 Å². The van der Waals surface area contributed by atoms with Gasteiger partial charge in [-0.2, -0.15) is 5.10 Å². The van der Waals surface area contributed by atoms with Crippen molar-refractivity contribution in [3.8, 4) is 0 Å². The van der Waals surface area contributed by atoms with Gasteiger partial charge < -0.3 is 4.90 Å². The zero-order valence-electron chi connectivity index (χ0n) is 14.9. The van der Waals surface area contributed by atoms with Crippen molar-refractivity contribution in [1.29, 1.82) is 0 Å². The van der Waals surface area contributed by atoms with Crippen LogP contribution < -0.4 is 0 Å². The maximum absolute atomic E-state index is 4.69. The van der Waals surface area contributed by atoms with Crippen molar-refractivity contribution in [2.24, 2.45) is 11.3 Å².